The minimum Gasteiger partial charge on any atom is -0.456 e. The summed E-state index contributed by atoms with van der Waals surface area (Å²) in [6.45, 7) is 1.78. The van der Waals surface area contributed by atoms with Crippen molar-refractivity contribution in [2.75, 3.05) is 0 Å². The Morgan fingerprint density at radius 1 is 1.29 bits per heavy atom. The molecule has 0 saturated heterocycles. The number of rotatable bonds is 1. The van der Waals surface area contributed by atoms with E-state index < -0.39 is 0 Å². The summed E-state index contributed by atoms with van der Waals surface area (Å²) in [6, 6.07) is 9.68. The van der Waals surface area contributed by atoms with Crippen LogP contribution in [0.15, 0.2) is 51.6 Å². The Balaban J connectivity index is 1.92. The van der Waals surface area contributed by atoms with E-state index in [-0.39, 0.29) is 5.91 Å². The van der Waals surface area contributed by atoms with Crippen LogP contribution in [0.5, 0.6) is 0 Å². The Labute approximate surface area is 120 Å². The summed E-state index contributed by atoms with van der Waals surface area (Å²) in [5, 5.41) is 5.76. The molecular formula is C16H11N3O2. The number of para-hydroxylation sites is 1. The molecule has 102 valence electrons. The maximum atomic E-state index is 11.7. The second-order valence-corrected chi connectivity index (χ2v) is 4.90. The average Bonchev–Trinajstić information content (AvgIpc) is 3.05. The van der Waals surface area contributed by atoms with Crippen molar-refractivity contribution in [3.8, 4) is 0 Å². The quantitative estimate of drug-likeness (QED) is 0.695. The van der Waals surface area contributed by atoms with Gasteiger partial charge in [-0.2, -0.15) is 5.10 Å². The van der Waals surface area contributed by atoms with E-state index in [1.807, 2.05) is 30.3 Å². The number of pyridine rings is 1. The minimum atomic E-state index is -0.212. The van der Waals surface area contributed by atoms with Crippen molar-refractivity contribution in [3.05, 3.63) is 47.9 Å². The summed E-state index contributed by atoms with van der Waals surface area (Å²) in [5.74, 6) is 0.403. The first kappa shape index (κ1) is 11.8. The van der Waals surface area contributed by atoms with Gasteiger partial charge in [0.05, 0.1) is 16.8 Å². The number of fused-ring (bicyclic) bond motifs is 3. The molecule has 1 aromatic carbocycles. The third kappa shape index (κ3) is 1.82. The number of hydrogen-bond acceptors (Lipinski definition) is 4. The Hall–Kier alpha value is -2.95. The number of carbonyl (C=O) groups excluding carboxylic acids is 1. The zero-order chi connectivity index (χ0) is 14.4. The topological polar surface area (TPSA) is 67.5 Å². The molecule has 0 unspecified atom stereocenters. The lowest BCUT2D eigenvalue weighted by atomic mass is 10.1. The summed E-state index contributed by atoms with van der Waals surface area (Å²) in [7, 11) is 0. The number of hydrazone groups is 1. The van der Waals surface area contributed by atoms with E-state index in [0.29, 0.717) is 17.0 Å². The summed E-state index contributed by atoms with van der Waals surface area (Å²) >= 11 is 0. The van der Waals surface area contributed by atoms with E-state index in [9.17, 15) is 4.79 Å². The SMILES string of the molecule is CC1=NNC(=O)/C1=C/c1cc2cnc3ccccc3c2o1. The molecule has 0 radical (unpaired) electrons. The van der Waals surface area contributed by atoms with Gasteiger partial charge in [-0.15, -0.1) is 0 Å². The van der Waals surface area contributed by atoms with E-state index in [2.05, 4.69) is 15.5 Å². The molecule has 0 aliphatic carbocycles. The minimum absolute atomic E-state index is 0.212. The monoisotopic (exact) mass is 277 g/mol. The fourth-order valence-electron chi connectivity index (χ4n) is 2.45. The Morgan fingerprint density at radius 3 is 2.95 bits per heavy atom. The summed E-state index contributed by atoms with van der Waals surface area (Å²) in [5.41, 5.74) is 5.27. The van der Waals surface area contributed by atoms with Gasteiger partial charge in [0.1, 0.15) is 11.3 Å². The lowest BCUT2D eigenvalue weighted by Gasteiger charge is -1.96. The van der Waals surface area contributed by atoms with Gasteiger partial charge in [-0.05, 0) is 31.2 Å². The third-order valence-corrected chi connectivity index (χ3v) is 3.52. The van der Waals surface area contributed by atoms with Crippen molar-refractivity contribution in [2.24, 2.45) is 5.10 Å². The molecule has 2 aromatic heterocycles. The molecule has 0 atom stereocenters. The number of hydrogen-bond donors (Lipinski definition) is 1. The molecule has 0 bridgehead atoms. The van der Waals surface area contributed by atoms with Crippen LogP contribution in [0.4, 0.5) is 0 Å². The van der Waals surface area contributed by atoms with Gasteiger partial charge in [0, 0.05) is 17.0 Å². The zero-order valence-corrected chi connectivity index (χ0v) is 11.3. The van der Waals surface area contributed by atoms with E-state index in [1.54, 1.807) is 19.2 Å². The van der Waals surface area contributed by atoms with Crippen molar-refractivity contribution >= 4 is 39.6 Å². The predicted octanol–water partition coefficient (Wildman–Crippen LogP) is 2.87. The van der Waals surface area contributed by atoms with E-state index in [0.717, 1.165) is 21.9 Å². The summed E-state index contributed by atoms with van der Waals surface area (Å²) in [4.78, 5) is 16.1. The zero-order valence-electron chi connectivity index (χ0n) is 11.3. The van der Waals surface area contributed by atoms with Gasteiger partial charge in [0.2, 0.25) is 0 Å². The number of furan rings is 1. The largest absolute Gasteiger partial charge is 0.456 e. The number of nitrogens with zero attached hydrogens (tertiary/aromatic N) is 2. The fourth-order valence-corrected chi connectivity index (χ4v) is 2.45. The van der Waals surface area contributed by atoms with Crippen LogP contribution in [-0.2, 0) is 4.79 Å². The molecule has 1 aliphatic rings. The highest BCUT2D eigenvalue weighted by Crippen LogP contribution is 2.27. The van der Waals surface area contributed by atoms with Crippen LogP contribution < -0.4 is 5.43 Å². The van der Waals surface area contributed by atoms with Crippen LogP contribution in [0.2, 0.25) is 0 Å². The van der Waals surface area contributed by atoms with E-state index >= 15 is 0 Å². The molecule has 3 aromatic rings. The second kappa shape index (κ2) is 4.28. The Morgan fingerprint density at radius 2 is 2.14 bits per heavy atom. The highest BCUT2D eigenvalue weighted by molar-refractivity contribution is 6.26. The first-order valence-corrected chi connectivity index (χ1v) is 6.56. The van der Waals surface area contributed by atoms with Crippen LogP contribution in [0.1, 0.15) is 12.7 Å². The van der Waals surface area contributed by atoms with Crippen molar-refractivity contribution in [3.63, 3.8) is 0 Å². The smallest absolute Gasteiger partial charge is 0.273 e. The maximum absolute atomic E-state index is 11.7. The molecule has 0 saturated carbocycles. The first-order chi connectivity index (χ1) is 10.2. The lowest BCUT2D eigenvalue weighted by Crippen LogP contribution is -2.12. The van der Waals surface area contributed by atoms with E-state index in [4.69, 9.17) is 4.42 Å². The van der Waals surface area contributed by atoms with Gasteiger partial charge in [-0.3, -0.25) is 9.78 Å². The van der Waals surface area contributed by atoms with Crippen LogP contribution in [0, 0.1) is 0 Å². The molecule has 5 nitrogen and oxygen atoms in total. The molecule has 4 rings (SSSR count). The van der Waals surface area contributed by atoms with Crippen LogP contribution >= 0.6 is 0 Å². The Bertz CT molecular complexity index is 950. The number of aromatic nitrogens is 1. The van der Waals surface area contributed by atoms with Gasteiger partial charge < -0.3 is 4.42 Å². The highest BCUT2D eigenvalue weighted by Gasteiger charge is 2.19. The molecular weight excluding hydrogens is 266 g/mol. The number of carbonyl (C=O) groups is 1. The molecule has 3 heterocycles. The van der Waals surface area contributed by atoms with Gasteiger partial charge in [-0.25, -0.2) is 5.43 Å². The highest BCUT2D eigenvalue weighted by atomic mass is 16.3. The number of nitrogens with one attached hydrogen (secondary N) is 1. The molecule has 1 aliphatic heterocycles. The van der Waals surface area contributed by atoms with Crippen molar-refractivity contribution in [1.82, 2.24) is 10.4 Å². The standard InChI is InChI=1S/C16H11N3O2/c1-9-13(16(20)19-18-9)7-11-6-10-8-17-14-5-3-2-4-12(14)15(10)21-11/h2-8H,1H3,(H,19,20)/b13-7+. The lowest BCUT2D eigenvalue weighted by molar-refractivity contribution is -0.116. The van der Waals surface area contributed by atoms with Gasteiger partial charge in [-0.1, -0.05) is 12.1 Å². The molecule has 5 heteroatoms. The van der Waals surface area contributed by atoms with Crippen molar-refractivity contribution in [2.45, 2.75) is 6.92 Å². The molecule has 1 amide bonds. The number of amides is 1. The van der Waals surface area contributed by atoms with Gasteiger partial charge >= 0.3 is 0 Å². The second-order valence-electron chi connectivity index (χ2n) is 4.90. The summed E-state index contributed by atoms with van der Waals surface area (Å²) < 4.78 is 5.89. The van der Waals surface area contributed by atoms with Crippen molar-refractivity contribution < 1.29 is 9.21 Å². The average molecular weight is 277 g/mol. The Kier molecular flexibility index (Phi) is 2.41. The molecule has 0 spiro atoms. The summed E-state index contributed by atoms with van der Waals surface area (Å²) in [6.07, 6.45) is 3.48. The first-order valence-electron chi connectivity index (χ1n) is 6.56. The molecule has 21 heavy (non-hydrogen) atoms. The van der Waals surface area contributed by atoms with E-state index in [1.165, 1.54) is 0 Å². The van der Waals surface area contributed by atoms with Crippen LogP contribution in [0.3, 0.4) is 0 Å². The van der Waals surface area contributed by atoms with Crippen LogP contribution in [0.25, 0.3) is 27.9 Å². The van der Waals surface area contributed by atoms with Gasteiger partial charge in [0.25, 0.3) is 5.91 Å². The molecule has 0 fully saturated rings. The fraction of sp³-hybridized carbons (Fsp3) is 0.0625. The third-order valence-electron chi connectivity index (χ3n) is 3.52. The predicted molar refractivity (Wildman–Crippen MR) is 80.7 cm³/mol. The molecule has 1 N–H and O–H groups in total. The van der Waals surface area contributed by atoms with Crippen molar-refractivity contribution in [1.29, 1.82) is 0 Å². The maximum Gasteiger partial charge on any atom is 0.273 e. The van der Waals surface area contributed by atoms with Gasteiger partial charge in [0.15, 0.2) is 0 Å². The number of benzene rings is 1. The normalized spacial score (nSPS) is 16.7. The van der Waals surface area contributed by atoms with Crippen LogP contribution in [-0.4, -0.2) is 16.6 Å².